The van der Waals surface area contributed by atoms with Crippen molar-refractivity contribution in [2.75, 3.05) is 6.54 Å². The van der Waals surface area contributed by atoms with E-state index in [1.807, 2.05) is 30.0 Å². The molecule has 1 N–H and O–H groups in total. The zero-order valence-electron chi connectivity index (χ0n) is 12.8. The van der Waals surface area contributed by atoms with Gasteiger partial charge in [-0.15, -0.1) is 0 Å². The molecule has 0 aromatic heterocycles. The Morgan fingerprint density at radius 2 is 2.14 bits per heavy atom. The molecular formula is C17H22ClNO3. The zero-order valence-corrected chi connectivity index (χ0v) is 13.6. The van der Waals surface area contributed by atoms with Gasteiger partial charge >= 0.3 is 5.97 Å². The van der Waals surface area contributed by atoms with Crippen molar-refractivity contribution >= 4 is 23.5 Å². The Kier molecular flexibility index (Phi) is 5.83. The Hall–Kier alpha value is -1.55. The molecule has 1 atom stereocenters. The first kappa shape index (κ1) is 16.8. The number of hydrogen-bond acceptors (Lipinski definition) is 2. The van der Waals surface area contributed by atoms with Gasteiger partial charge in [0, 0.05) is 24.0 Å². The van der Waals surface area contributed by atoms with Gasteiger partial charge < -0.3 is 10.0 Å². The third-order valence-electron chi connectivity index (χ3n) is 4.25. The lowest BCUT2D eigenvalue weighted by Crippen LogP contribution is -2.44. The Bertz CT molecular complexity index is 559. The maximum atomic E-state index is 12.6. The van der Waals surface area contributed by atoms with E-state index in [1.54, 1.807) is 0 Å². The smallest absolute Gasteiger partial charge is 0.303 e. The van der Waals surface area contributed by atoms with Crippen molar-refractivity contribution in [3.05, 3.63) is 34.3 Å². The molecule has 22 heavy (non-hydrogen) atoms. The maximum absolute atomic E-state index is 12.6. The first-order valence-electron chi connectivity index (χ1n) is 7.74. The van der Waals surface area contributed by atoms with Gasteiger partial charge in [0.2, 0.25) is 5.91 Å². The van der Waals surface area contributed by atoms with Crippen molar-refractivity contribution in [3.8, 4) is 0 Å². The van der Waals surface area contributed by atoms with Gasteiger partial charge in [-0.2, -0.15) is 0 Å². The van der Waals surface area contributed by atoms with Gasteiger partial charge in [-0.05, 0) is 43.7 Å². The summed E-state index contributed by atoms with van der Waals surface area (Å²) in [4.78, 5) is 25.2. The predicted octanol–water partition coefficient (Wildman–Crippen LogP) is 3.44. The minimum absolute atomic E-state index is 0.0425. The Morgan fingerprint density at radius 1 is 1.36 bits per heavy atom. The Labute approximate surface area is 136 Å². The fourth-order valence-corrected chi connectivity index (χ4v) is 3.22. The summed E-state index contributed by atoms with van der Waals surface area (Å²) in [6.45, 7) is 2.64. The number of carbonyl (C=O) groups excluding carboxylic acids is 1. The molecule has 0 radical (unpaired) electrons. The number of halogens is 1. The summed E-state index contributed by atoms with van der Waals surface area (Å²) < 4.78 is 0. The van der Waals surface area contributed by atoms with E-state index in [0.29, 0.717) is 18.0 Å². The SMILES string of the molecule is Cc1cccc(CC(=O)N2CCCCC2CCC(=O)O)c1Cl. The number of piperidine rings is 1. The van der Waals surface area contributed by atoms with Crippen LogP contribution in [-0.4, -0.2) is 34.5 Å². The monoisotopic (exact) mass is 323 g/mol. The number of amides is 1. The van der Waals surface area contributed by atoms with Gasteiger partial charge in [-0.1, -0.05) is 29.8 Å². The zero-order chi connectivity index (χ0) is 16.1. The molecule has 0 spiro atoms. The molecule has 1 aromatic carbocycles. The number of carboxylic acid groups (broad SMARTS) is 1. The van der Waals surface area contributed by atoms with E-state index in [4.69, 9.17) is 16.7 Å². The Balaban J connectivity index is 2.05. The summed E-state index contributed by atoms with van der Waals surface area (Å²) in [7, 11) is 0. The van der Waals surface area contributed by atoms with Crippen LogP contribution in [0.15, 0.2) is 18.2 Å². The van der Waals surface area contributed by atoms with E-state index >= 15 is 0 Å². The van der Waals surface area contributed by atoms with Gasteiger partial charge in [0.25, 0.3) is 0 Å². The van der Waals surface area contributed by atoms with Crippen LogP contribution in [0.3, 0.4) is 0 Å². The molecule has 1 aliphatic heterocycles. The third-order valence-corrected chi connectivity index (χ3v) is 4.79. The maximum Gasteiger partial charge on any atom is 0.303 e. The van der Waals surface area contributed by atoms with Crippen molar-refractivity contribution in [2.24, 2.45) is 0 Å². The van der Waals surface area contributed by atoms with Crippen LogP contribution in [0.4, 0.5) is 0 Å². The molecule has 1 aromatic rings. The molecule has 1 unspecified atom stereocenters. The number of hydrogen-bond donors (Lipinski definition) is 1. The molecule has 4 nitrogen and oxygen atoms in total. The number of likely N-dealkylation sites (tertiary alicyclic amines) is 1. The third kappa shape index (κ3) is 4.23. The van der Waals surface area contributed by atoms with Gasteiger partial charge in [0.15, 0.2) is 0 Å². The number of rotatable bonds is 5. The first-order valence-corrected chi connectivity index (χ1v) is 8.12. The molecule has 2 rings (SSSR count). The van der Waals surface area contributed by atoms with Crippen LogP contribution in [0.1, 0.15) is 43.2 Å². The van der Waals surface area contributed by atoms with Crippen LogP contribution in [0.2, 0.25) is 5.02 Å². The highest BCUT2D eigenvalue weighted by Gasteiger charge is 2.27. The van der Waals surface area contributed by atoms with E-state index in [-0.39, 0.29) is 24.8 Å². The predicted molar refractivity (Wildman–Crippen MR) is 86.1 cm³/mol. The minimum atomic E-state index is -0.806. The fourth-order valence-electron chi connectivity index (χ4n) is 3.03. The molecule has 1 heterocycles. The molecule has 1 amide bonds. The van der Waals surface area contributed by atoms with E-state index in [2.05, 4.69) is 0 Å². The summed E-state index contributed by atoms with van der Waals surface area (Å²) in [6.07, 6.45) is 3.85. The van der Waals surface area contributed by atoms with Crippen LogP contribution in [-0.2, 0) is 16.0 Å². The summed E-state index contributed by atoms with van der Waals surface area (Å²) >= 11 is 6.27. The second-order valence-electron chi connectivity index (χ2n) is 5.89. The standard InChI is InChI=1S/C17H22ClNO3/c1-12-5-4-6-13(17(12)18)11-15(20)19-10-3-2-7-14(19)8-9-16(21)22/h4-6,14H,2-3,7-11H2,1H3,(H,21,22). The second kappa shape index (κ2) is 7.63. The second-order valence-corrected chi connectivity index (χ2v) is 6.27. The molecule has 1 aliphatic rings. The van der Waals surface area contributed by atoms with Gasteiger partial charge in [0.1, 0.15) is 0 Å². The van der Waals surface area contributed by atoms with Crippen molar-refractivity contribution in [3.63, 3.8) is 0 Å². The topological polar surface area (TPSA) is 57.6 Å². The number of nitrogens with zero attached hydrogens (tertiary/aromatic N) is 1. The van der Waals surface area contributed by atoms with Crippen LogP contribution in [0.25, 0.3) is 0 Å². The highest BCUT2D eigenvalue weighted by molar-refractivity contribution is 6.32. The van der Waals surface area contributed by atoms with Gasteiger partial charge in [-0.25, -0.2) is 0 Å². The molecule has 0 bridgehead atoms. The largest absolute Gasteiger partial charge is 0.481 e. The number of aryl methyl sites for hydroxylation is 1. The average molecular weight is 324 g/mol. The molecule has 0 saturated carbocycles. The summed E-state index contributed by atoms with van der Waals surface area (Å²) in [5.74, 6) is -0.762. The molecule has 1 saturated heterocycles. The molecule has 1 fully saturated rings. The van der Waals surface area contributed by atoms with Crippen LogP contribution in [0, 0.1) is 6.92 Å². The van der Waals surface area contributed by atoms with Crippen LogP contribution < -0.4 is 0 Å². The Morgan fingerprint density at radius 3 is 2.86 bits per heavy atom. The number of carbonyl (C=O) groups is 2. The lowest BCUT2D eigenvalue weighted by molar-refractivity contribution is -0.139. The highest BCUT2D eigenvalue weighted by Crippen LogP contribution is 2.25. The lowest BCUT2D eigenvalue weighted by atomic mass is 9.96. The molecule has 0 aliphatic carbocycles. The van der Waals surface area contributed by atoms with Crippen molar-refractivity contribution < 1.29 is 14.7 Å². The van der Waals surface area contributed by atoms with Gasteiger partial charge in [-0.3, -0.25) is 9.59 Å². The van der Waals surface area contributed by atoms with E-state index in [0.717, 1.165) is 30.4 Å². The van der Waals surface area contributed by atoms with E-state index in [9.17, 15) is 9.59 Å². The van der Waals surface area contributed by atoms with Crippen molar-refractivity contribution in [1.29, 1.82) is 0 Å². The van der Waals surface area contributed by atoms with E-state index < -0.39 is 5.97 Å². The normalized spacial score (nSPS) is 18.3. The number of aliphatic carboxylic acids is 1. The van der Waals surface area contributed by atoms with E-state index in [1.165, 1.54) is 0 Å². The highest BCUT2D eigenvalue weighted by atomic mass is 35.5. The summed E-state index contributed by atoms with van der Waals surface area (Å²) in [5, 5.41) is 9.50. The van der Waals surface area contributed by atoms with Crippen molar-refractivity contribution in [1.82, 2.24) is 4.90 Å². The quantitative estimate of drug-likeness (QED) is 0.903. The van der Waals surface area contributed by atoms with Crippen LogP contribution in [0.5, 0.6) is 0 Å². The number of benzene rings is 1. The molecule has 5 heteroatoms. The summed E-state index contributed by atoms with van der Waals surface area (Å²) in [5.41, 5.74) is 1.81. The summed E-state index contributed by atoms with van der Waals surface area (Å²) in [6, 6.07) is 5.75. The fraction of sp³-hybridized carbons (Fsp3) is 0.529. The number of carboxylic acids is 1. The molecule has 120 valence electrons. The minimum Gasteiger partial charge on any atom is -0.481 e. The molecular weight excluding hydrogens is 302 g/mol. The average Bonchev–Trinajstić information content (AvgIpc) is 2.50. The van der Waals surface area contributed by atoms with Crippen LogP contribution >= 0.6 is 11.6 Å². The lowest BCUT2D eigenvalue weighted by Gasteiger charge is -2.36. The first-order chi connectivity index (χ1) is 10.5. The van der Waals surface area contributed by atoms with Gasteiger partial charge in [0.05, 0.1) is 6.42 Å². The van der Waals surface area contributed by atoms with Crippen molar-refractivity contribution in [2.45, 2.75) is 51.5 Å².